The highest BCUT2D eigenvalue weighted by atomic mass is 31.2. The number of hydrogen-bond donors (Lipinski definition) is 3. The smallest absolute Gasteiger partial charge is 0.354 e. The third-order valence-electron chi connectivity index (χ3n) is 2.46. The molecule has 0 aliphatic carbocycles. The largest absolute Gasteiger partial charge is 0.426 e. The van der Waals surface area contributed by atoms with Gasteiger partial charge in [0.2, 0.25) is 0 Å². The lowest BCUT2D eigenvalue weighted by Crippen LogP contribution is -2.23. The first-order valence-corrected chi connectivity index (χ1v) is 8.23. The molecule has 0 aliphatic heterocycles. The Labute approximate surface area is 127 Å². The number of esters is 1. The standard InChI is InChI=1S/C13H19O8P/c14-6-7-19-8-9-20-13(22(16,17)18)10-12(15)21-11-4-2-1-3-5-11/h1-5,13-14H,6-10H2,(H2,16,17,18). The van der Waals surface area contributed by atoms with E-state index in [-0.39, 0.29) is 32.2 Å². The summed E-state index contributed by atoms with van der Waals surface area (Å²) in [7, 11) is -4.62. The van der Waals surface area contributed by atoms with Gasteiger partial charge in [0.15, 0.2) is 5.85 Å². The first-order chi connectivity index (χ1) is 10.4. The van der Waals surface area contributed by atoms with Crippen LogP contribution in [-0.2, 0) is 18.8 Å². The lowest BCUT2D eigenvalue weighted by molar-refractivity contribution is -0.136. The van der Waals surface area contributed by atoms with Crippen LogP contribution in [0.4, 0.5) is 0 Å². The molecule has 0 spiro atoms. The summed E-state index contributed by atoms with van der Waals surface area (Å²) in [5.41, 5.74) is 0. The molecular formula is C13H19O8P. The van der Waals surface area contributed by atoms with Crippen molar-refractivity contribution in [3.63, 3.8) is 0 Å². The Morgan fingerprint density at radius 3 is 2.41 bits per heavy atom. The molecule has 9 heteroatoms. The summed E-state index contributed by atoms with van der Waals surface area (Å²) in [6, 6.07) is 8.17. The molecular weight excluding hydrogens is 315 g/mol. The van der Waals surface area contributed by atoms with Crippen LogP contribution >= 0.6 is 7.60 Å². The van der Waals surface area contributed by atoms with Gasteiger partial charge in [-0.3, -0.25) is 9.36 Å². The van der Waals surface area contributed by atoms with E-state index in [0.29, 0.717) is 0 Å². The van der Waals surface area contributed by atoms with Crippen LogP contribution in [0.2, 0.25) is 0 Å². The minimum Gasteiger partial charge on any atom is -0.426 e. The van der Waals surface area contributed by atoms with Crippen molar-refractivity contribution in [2.75, 3.05) is 26.4 Å². The van der Waals surface area contributed by atoms with Crippen LogP contribution in [0.3, 0.4) is 0 Å². The Balaban J connectivity index is 2.47. The fourth-order valence-corrected chi connectivity index (χ4v) is 2.18. The fraction of sp³-hybridized carbons (Fsp3) is 0.462. The van der Waals surface area contributed by atoms with Crippen molar-refractivity contribution in [2.45, 2.75) is 12.3 Å². The average molecular weight is 334 g/mol. The minimum atomic E-state index is -4.62. The summed E-state index contributed by atoms with van der Waals surface area (Å²) in [6.45, 7) is -0.134. The van der Waals surface area contributed by atoms with Gasteiger partial charge in [-0.05, 0) is 12.1 Å². The van der Waals surface area contributed by atoms with Crippen LogP contribution in [0, 0.1) is 0 Å². The highest BCUT2D eigenvalue weighted by Crippen LogP contribution is 2.43. The lowest BCUT2D eigenvalue weighted by Gasteiger charge is -2.18. The third-order valence-corrected chi connectivity index (χ3v) is 3.55. The number of carbonyl (C=O) groups is 1. The van der Waals surface area contributed by atoms with Gasteiger partial charge in [-0.1, -0.05) is 18.2 Å². The van der Waals surface area contributed by atoms with E-state index in [2.05, 4.69) is 0 Å². The molecule has 0 aliphatic rings. The first kappa shape index (κ1) is 18.8. The molecule has 1 aromatic rings. The first-order valence-electron chi connectivity index (χ1n) is 6.54. The lowest BCUT2D eigenvalue weighted by atomic mass is 10.3. The zero-order chi connectivity index (χ0) is 16.4. The van der Waals surface area contributed by atoms with Gasteiger partial charge < -0.3 is 29.1 Å². The van der Waals surface area contributed by atoms with Crippen molar-refractivity contribution in [3.8, 4) is 5.75 Å². The van der Waals surface area contributed by atoms with Crippen molar-refractivity contribution in [1.29, 1.82) is 0 Å². The molecule has 1 aromatic carbocycles. The monoisotopic (exact) mass is 334 g/mol. The topological polar surface area (TPSA) is 123 Å². The molecule has 0 aromatic heterocycles. The van der Waals surface area contributed by atoms with Gasteiger partial charge in [0.25, 0.3) is 0 Å². The molecule has 0 saturated carbocycles. The van der Waals surface area contributed by atoms with Crippen LogP contribution in [0.25, 0.3) is 0 Å². The van der Waals surface area contributed by atoms with Gasteiger partial charge >= 0.3 is 13.6 Å². The summed E-state index contributed by atoms with van der Waals surface area (Å²) in [5, 5.41) is 8.51. The van der Waals surface area contributed by atoms with E-state index < -0.39 is 25.8 Å². The van der Waals surface area contributed by atoms with Crippen LogP contribution in [0.5, 0.6) is 5.75 Å². The average Bonchev–Trinajstić information content (AvgIpc) is 2.45. The maximum atomic E-state index is 11.7. The Kier molecular flexibility index (Phi) is 8.26. The second-order valence-electron chi connectivity index (χ2n) is 4.24. The Morgan fingerprint density at radius 1 is 1.14 bits per heavy atom. The SMILES string of the molecule is O=C(CC(OCCOCCO)P(=O)(O)O)Oc1ccccc1. The summed E-state index contributed by atoms with van der Waals surface area (Å²) < 4.78 is 26.2. The van der Waals surface area contributed by atoms with Gasteiger partial charge in [-0.2, -0.15) is 0 Å². The van der Waals surface area contributed by atoms with E-state index in [4.69, 9.17) is 19.3 Å². The molecule has 8 nitrogen and oxygen atoms in total. The van der Waals surface area contributed by atoms with Crippen molar-refractivity contribution < 1.29 is 38.5 Å². The van der Waals surface area contributed by atoms with Gasteiger partial charge in [-0.15, -0.1) is 0 Å². The molecule has 1 rings (SSSR count). The van der Waals surface area contributed by atoms with E-state index in [0.717, 1.165) is 0 Å². The second kappa shape index (κ2) is 9.68. The molecule has 1 atom stereocenters. The van der Waals surface area contributed by atoms with Crippen molar-refractivity contribution in [2.24, 2.45) is 0 Å². The third kappa shape index (κ3) is 7.65. The summed E-state index contributed by atoms with van der Waals surface area (Å²) in [5.74, 6) is -2.12. The van der Waals surface area contributed by atoms with Crippen LogP contribution < -0.4 is 4.74 Å². The van der Waals surface area contributed by atoms with E-state index in [1.165, 1.54) is 0 Å². The molecule has 0 amide bonds. The number of aliphatic hydroxyl groups is 1. The molecule has 0 fully saturated rings. The normalized spacial score (nSPS) is 12.9. The molecule has 3 N–H and O–H groups in total. The molecule has 0 bridgehead atoms. The Morgan fingerprint density at radius 2 is 1.82 bits per heavy atom. The molecule has 0 heterocycles. The van der Waals surface area contributed by atoms with Gasteiger partial charge in [0, 0.05) is 0 Å². The van der Waals surface area contributed by atoms with Gasteiger partial charge in [0.1, 0.15) is 5.75 Å². The van der Waals surface area contributed by atoms with Crippen molar-refractivity contribution >= 4 is 13.6 Å². The predicted molar refractivity (Wildman–Crippen MR) is 76.4 cm³/mol. The quantitative estimate of drug-likeness (QED) is 0.245. The van der Waals surface area contributed by atoms with Crippen LogP contribution in [0.15, 0.2) is 30.3 Å². The Bertz CT molecular complexity index is 486. The number of para-hydroxylation sites is 1. The minimum absolute atomic E-state index is 0.0464. The number of hydrogen-bond acceptors (Lipinski definition) is 6. The van der Waals surface area contributed by atoms with E-state index in [9.17, 15) is 19.1 Å². The zero-order valence-electron chi connectivity index (χ0n) is 11.8. The predicted octanol–water partition coefficient (Wildman–Crippen LogP) is 0.511. The van der Waals surface area contributed by atoms with Crippen LogP contribution in [0.1, 0.15) is 6.42 Å². The van der Waals surface area contributed by atoms with Crippen LogP contribution in [-0.4, -0.2) is 53.1 Å². The van der Waals surface area contributed by atoms with E-state index in [1.807, 2.05) is 0 Å². The number of carbonyl (C=O) groups excluding carboxylic acids is 1. The molecule has 0 saturated heterocycles. The highest BCUT2D eigenvalue weighted by Gasteiger charge is 2.32. The van der Waals surface area contributed by atoms with Gasteiger partial charge in [-0.25, -0.2) is 0 Å². The maximum Gasteiger partial charge on any atom is 0.354 e. The molecule has 1 unspecified atom stereocenters. The molecule has 0 radical (unpaired) electrons. The number of benzene rings is 1. The second-order valence-corrected chi connectivity index (χ2v) is 6.00. The van der Waals surface area contributed by atoms with Crippen molar-refractivity contribution in [1.82, 2.24) is 0 Å². The van der Waals surface area contributed by atoms with E-state index >= 15 is 0 Å². The zero-order valence-corrected chi connectivity index (χ0v) is 12.7. The van der Waals surface area contributed by atoms with Gasteiger partial charge in [0.05, 0.1) is 32.8 Å². The maximum absolute atomic E-state index is 11.7. The van der Waals surface area contributed by atoms with Crippen molar-refractivity contribution in [3.05, 3.63) is 30.3 Å². The number of ether oxygens (including phenoxy) is 3. The summed E-state index contributed by atoms with van der Waals surface area (Å²) in [6.07, 6.45) is -0.584. The number of aliphatic hydroxyl groups excluding tert-OH is 1. The van der Waals surface area contributed by atoms with E-state index in [1.54, 1.807) is 30.3 Å². The summed E-state index contributed by atoms with van der Waals surface area (Å²) in [4.78, 5) is 30.1. The number of rotatable bonds is 10. The molecule has 124 valence electrons. The molecule has 22 heavy (non-hydrogen) atoms. The Hall–Kier alpha value is -1.28. The fourth-order valence-electron chi connectivity index (χ4n) is 1.49. The highest BCUT2D eigenvalue weighted by molar-refractivity contribution is 7.52. The summed E-state index contributed by atoms with van der Waals surface area (Å²) >= 11 is 0.